The van der Waals surface area contributed by atoms with Crippen LogP contribution in [0.3, 0.4) is 0 Å². The van der Waals surface area contributed by atoms with Crippen molar-refractivity contribution >= 4 is 43.3 Å². The van der Waals surface area contributed by atoms with E-state index in [-0.39, 0.29) is 29.7 Å². The summed E-state index contributed by atoms with van der Waals surface area (Å²) in [7, 11) is -3.60. The fourth-order valence-electron chi connectivity index (χ4n) is 2.86. The molecule has 0 bridgehead atoms. The maximum Gasteiger partial charge on any atom is 0.251 e. The molecular weight excluding hydrogens is 444 g/mol. The number of rotatable bonds is 5. The van der Waals surface area contributed by atoms with Gasteiger partial charge in [0.2, 0.25) is 10.0 Å². The van der Waals surface area contributed by atoms with Crippen molar-refractivity contribution in [3.05, 3.63) is 70.2 Å². The summed E-state index contributed by atoms with van der Waals surface area (Å²) in [4.78, 5) is 24.2. The molecule has 28 heavy (non-hydrogen) atoms. The maximum atomic E-state index is 12.7. The van der Waals surface area contributed by atoms with Gasteiger partial charge in [-0.2, -0.15) is 4.31 Å². The number of Topliss-reactive ketones (excluding diaryl/α,β-unsaturated/α-hetero) is 1. The minimum atomic E-state index is -3.60. The predicted octanol–water partition coefficient (Wildman–Crippen LogP) is 3.61. The van der Waals surface area contributed by atoms with Gasteiger partial charge in [-0.15, -0.1) is 0 Å². The highest BCUT2D eigenvalue weighted by Gasteiger charge is 2.27. The Hall–Kier alpha value is -2.29. The Morgan fingerprint density at radius 1 is 1.11 bits per heavy atom. The summed E-state index contributed by atoms with van der Waals surface area (Å²) >= 11 is 3.29. The fourth-order valence-corrected chi connectivity index (χ4v) is 4.50. The molecule has 0 aromatic heterocycles. The van der Waals surface area contributed by atoms with E-state index in [1.807, 2.05) is 0 Å². The van der Waals surface area contributed by atoms with Crippen LogP contribution in [0.25, 0.3) is 0 Å². The number of nitrogens with zero attached hydrogens (tertiary/aromatic N) is 1. The number of halogens is 1. The molecule has 2 aromatic carbocycles. The van der Waals surface area contributed by atoms with Crippen LogP contribution in [0.5, 0.6) is 0 Å². The average molecular weight is 463 g/mol. The molecule has 0 spiro atoms. The molecular formula is C20H19BrN2O4S. The standard InChI is InChI=1S/C20H19BrN2O4S/c1-14(24)16-3-2-4-18(13-16)22-20(25)15-9-11-23(12-10-15)28(26,27)19-7-5-17(21)6-8-19/h2-9,13H,10-12H2,1H3,(H,22,25). The highest BCUT2D eigenvalue weighted by atomic mass is 79.9. The molecule has 0 unspecified atom stereocenters. The van der Waals surface area contributed by atoms with Gasteiger partial charge in [-0.1, -0.05) is 34.1 Å². The van der Waals surface area contributed by atoms with Gasteiger partial charge < -0.3 is 5.32 Å². The predicted molar refractivity (Wildman–Crippen MR) is 111 cm³/mol. The lowest BCUT2D eigenvalue weighted by Gasteiger charge is -2.25. The molecule has 0 radical (unpaired) electrons. The van der Waals surface area contributed by atoms with E-state index in [1.54, 1.807) is 54.6 Å². The number of carbonyl (C=O) groups excluding carboxylic acids is 2. The first-order valence-electron chi connectivity index (χ1n) is 8.64. The second-order valence-corrected chi connectivity index (χ2v) is 9.24. The largest absolute Gasteiger partial charge is 0.322 e. The summed E-state index contributed by atoms with van der Waals surface area (Å²) in [5.41, 5.74) is 1.57. The first kappa shape index (κ1) is 20.4. The third-order valence-electron chi connectivity index (χ3n) is 4.44. The molecule has 1 N–H and O–H groups in total. The van der Waals surface area contributed by atoms with Crippen LogP contribution in [0, 0.1) is 0 Å². The molecule has 0 saturated heterocycles. The zero-order valence-electron chi connectivity index (χ0n) is 15.2. The molecule has 0 saturated carbocycles. The van der Waals surface area contributed by atoms with Gasteiger partial charge in [0.25, 0.3) is 5.91 Å². The quantitative estimate of drug-likeness (QED) is 0.687. The molecule has 1 aliphatic heterocycles. The van der Waals surface area contributed by atoms with Crippen LogP contribution in [0.15, 0.2) is 69.5 Å². The monoisotopic (exact) mass is 462 g/mol. The third kappa shape index (κ3) is 4.57. The van der Waals surface area contributed by atoms with Gasteiger partial charge in [-0.05, 0) is 49.7 Å². The Balaban J connectivity index is 1.69. The number of amides is 1. The van der Waals surface area contributed by atoms with E-state index in [4.69, 9.17) is 0 Å². The van der Waals surface area contributed by atoms with Crippen molar-refractivity contribution in [3.8, 4) is 0 Å². The van der Waals surface area contributed by atoms with Crippen LogP contribution in [-0.4, -0.2) is 37.5 Å². The highest BCUT2D eigenvalue weighted by Crippen LogP contribution is 2.23. The van der Waals surface area contributed by atoms with E-state index in [0.717, 1.165) is 4.47 Å². The zero-order chi connectivity index (χ0) is 20.3. The van der Waals surface area contributed by atoms with E-state index in [2.05, 4.69) is 21.2 Å². The van der Waals surface area contributed by atoms with E-state index >= 15 is 0 Å². The maximum absolute atomic E-state index is 12.7. The van der Waals surface area contributed by atoms with Crippen LogP contribution in [0.4, 0.5) is 5.69 Å². The van der Waals surface area contributed by atoms with Gasteiger partial charge in [0.1, 0.15) is 0 Å². The van der Waals surface area contributed by atoms with Gasteiger partial charge in [-0.25, -0.2) is 8.42 Å². The Labute approximate surface area is 172 Å². The molecule has 3 rings (SSSR count). The van der Waals surface area contributed by atoms with Gasteiger partial charge in [0.15, 0.2) is 5.78 Å². The van der Waals surface area contributed by atoms with E-state index in [1.165, 1.54) is 11.2 Å². The molecule has 6 nitrogen and oxygen atoms in total. The number of benzene rings is 2. The SMILES string of the molecule is CC(=O)c1cccc(NC(=O)C2=CCN(S(=O)(=O)c3ccc(Br)cc3)CC2)c1. The second-order valence-electron chi connectivity index (χ2n) is 6.39. The summed E-state index contributed by atoms with van der Waals surface area (Å²) in [6.45, 7) is 1.82. The lowest BCUT2D eigenvalue weighted by molar-refractivity contribution is -0.113. The number of carbonyl (C=O) groups is 2. The molecule has 1 aliphatic rings. The van der Waals surface area contributed by atoms with E-state index in [0.29, 0.717) is 23.2 Å². The van der Waals surface area contributed by atoms with Crippen LogP contribution in [0.1, 0.15) is 23.7 Å². The van der Waals surface area contributed by atoms with Crippen LogP contribution >= 0.6 is 15.9 Å². The molecule has 146 valence electrons. The number of hydrogen-bond donors (Lipinski definition) is 1. The molecule has 1 amide bonds. The minimum absolute atomic E-state index is 0.0817. The van der Waals surface area contributed by atoms with Crippen LogP contribution in [0.2, 0.25) is 0 Å². The molecule has 2 aromatic rings. The minimum Gasteiger partial charge on any atom is -0.322 e. The zero-order valence-corrected chi connectivity index (χ0v) is 17.6. The van der Waals surface area contributed by atoms with Gasteiger partial charge in [-0.3, -0.25) is 9.59 Å². The number of anilines is 1. The van der Waals surface area contributed by atoms with Gasteiger partial charge >= 0.3 is 0 Å². The Morgan fingerprint density at radius 3 is 2.43 bits per heavy atom. The molecule has 0 atom stereocenters. The molecule has 0 fully saturated rings. The lowest BCUT2D eigenvalue weighted by Crippen LogP contribution is -2.36. The highest BCUT2D eigenvalue weighted by molar-refractivity contribution is 9.10. The topological polar surface area (TPSA) is 83.6 Å². The molecule has 8 heteroatoms. The third-order valence-corrected chi connectivity index (χ3v) is 6.85. The van der Waals surface area contributed by atoms with Crippen molar-refractivity contribution in [3.63, 3.8) is 0 Å². The van der Waals surface area contributed by atoms with Crippen molar-refractivity contribution in [1.29, 1.82) is 0 Å². The summed E-state index contributed by atoms with van der Waals surface area (Å²) in [5, 5.41) is 2.77. The van der Waals surface area contributed by atoms with Crippen molar-refractivity contribution < 1.29 is 18.0 Å². The first-order valence-corrected chi connectivity index (χ1v) is 10.9. The van der Waals surface area contributed by atoms with Crippen LogP contribution < -0.4 is 5.32 Å². The summed E-state index contributed by atoms with van der Waals surface area (Å²) in [6, 6.07) is 13.2. The Morgan fingerprint density at radius 2 is 1.82 bits per heavy atom. The number of ketones is 1. The van der Waals surface area contributed by atoms with Crippen molar-refractivity contribution in [2.75, 3.05) is 18.4 Å². The Bertz CT molecular complexity index is 1050. The fraction of sp³-hybridized carbons (Fsp3) is 0.200. The van der Waals surface area contributed by atoms with Crippen molar-refractivity contribution in [1.82, 2.24) is 4.31 Å². The van der Waals surface area contributed by atoms with E-state index < -0.39 is 10.0 Å². The van der Waals surface area contributed by atoms with Gasteiger partial charge in [0, 0.05) is 34.4 Å². The first-order chi connectivity index (χ1) is 13.3. The lowest BCUT2D eigenvalue weighted by atomic mass is 10.1. The summed E-state index contributed by atoms with van der Waals surface area (Å²) in [6.07, 6.45) is 1.94. The smallest absolute Gasteiger partial charge is 0.251 e. The van der Waals surface area contributed by atoms with Crippen molar-refractivity contribution in [2.24, 2.45) is 0 Å². The molecule has 1 heterocycles. The average Bonchev–Trinajstić information content (AvgIpc) is 2.68. The number of nitrogens with one attached hydrogen (secondary N) is 1. The Kier molecular flexibility index (Phi) is 6.12. The normalized spacial score (nSPS) is 15.0. The second kappa shape index (κ2) is 8.38. The van der Waals surface area contributed by atoms with Crippen molar-refractivity contribution in [2.45, 2.75) is 18.2 Å². The molecule has 0 aliphatic carbocycles. The van der Waals surface area contributed by atoms with Gasteiger partial charge in [0.05, 0.1) is 4.90 Å². The number of sulfonamides is 1. The van der Waals surface area contributed by atoms with E-state index in [9.17, 15) is 18.0 Å². The van der Waals surface area contributed by atoms with Crippen LogP contribution in [-0.2, 0) is 14.8 Å². The summed E-state index contributed by atoms with van der Waals surface area (Å²) in [5.74, 6) is -0.372. The summed E-state index contributed by atoms with van der Waals surface area (Å²) < 4.78 is 27.6. The number of hydrogen-bond acceptors (Lipinski definition) is 4.